The molecule has 144 valence electrons. The van der Waals surface area contributed by atoms with Crippen molar-refractivity contribution < 1.29 is 23.4 Å². The Morgan fingerprint density at radius 1 is 1.04 bits per heavy atom. The van der Waals surface area contributed by atoms with Crippen molar-refractivity contribution in [2.24, 2.45) is 0 Å². The topological polar surface area (TPSA) is 46.2 Å². The van der Waals surface area contributed by atoms with E-state index in [2.05, 4.69) is 46.0 Å². The van der Waals surface area contributed by atoms with Gasteiger partial charge in [0.25, 0.3) is 0 Å². The van der Waals surface area contributed by atoms with E-state index in [-0.39, 0.29) is 35.7 Å². The Morgan fingerprint density at radius 2 is 1.76 bits per heavy atom. The van der Waals surface area contributed by atoms with Gasteiger partial charge in [-0.2, -0.15) is 0 Å². The molecule has 0 aromatic rings. The van der Waals surface area contributed by atoms with Gasteiger partial charge in [0.1, 0.15) is 18.3 Å². The molecule has 0 bridgehead atoms. The summed E-state index contributed by atoms with van der Waals surface area (Å²) in [5.74, 6) is -0.631. The molecule has 0 spiro atoms. The van der Waals surface area contributed by atoms with Crippen molar-refractivity contribution >= 4 is 8.32 Å². The molecule has 3 rings (SSSR count). The molecule has 0 radical (unpaired) electrons. The molecule has 6 heteroatoms. The minimum absolute atomic E-state index is 0.00504. The van der Waals surface area contributed by atoms with Crippen LogP contribution in [0.1, 0.15) is 47.5 Å². The van der Waals surface area contributed by atoms with Gasteiger partial charge in [0.2, 0.25) is 0 Å². The van der Waals surface area contributed by atoms with Crippen LogP contribution in [0.3, 0.4) is 0 Å². The van der Waals surface area contributed by atoms with Crippen LogP contribution in [0.25, 0.3) is 0 Å². The Labute approximate surface area is 153 Å². The Morgan fingerprint density at radius 3 is 2.44 bits per heavy atom. The number of fused-ring (bicyclic) bond motifs is 3. The van der Waals surface area contributed by atoms with Crippen LogP contribution in [0.2, 0.25) is 18.1 Å². The quantitative estimate of drug-likeness (QED) is 0.543. The molecule has 0 N–H and O–H groups in total. The fourth-order valence-electron chi connectivity index (χ4n) is 3.45. The summed E-state index contributed by atoms with van der Waals surface area (Å²) < 4.78 is 31.2. The summed E-state index contributed by atoms with van der Waals surface area (Å²) >= 11 is 0. The van der Waals surface area contributed by atoms with E-state index in [1.807, 2.05) is 13.8 Å². The standard InChI is InChI=1S/C19H34O5Si/c1-18(2,3)25(6,7)24-13-11-9-8-10-12-20-15-14(13)21-17-16(15)22-19(4,5)23-17/h8,10,13-17H,9,11-12H2,1-7H3/b10-8-/t13-,14+,15-,16+,17+/m0/s1. The van der Waals surface area contributed by atoms with E-state index in [9.17, 15) is 0 Å². The number of allylic oxidation sites excluding steroid dienone is 1. The molecule has 0 aromatic heterocycles. The van der Waals surface area contributed by atoms with Crippen molar-refractivity contribution in [2.45, 2.75) is 102 Å². The van der Waals surface area contributed by atoms with Gasteiger partial charge in [0.05, 0.1) is 12.7 Å². The van der Waals surface area contributed by atoms with Gasteiger partial charge in [-0.05, 0) is 44.8 Å². The van der Waals surface area contributed by atoms with Gasteiger partial charge in [-0.3, -0.25) is 0 Å². The summed E-state index contributed by atoms with van der Waals surface area (Å²) in [4.78, 5) is 0. The molecule has 0 aromatic carbocycles. The molecule has 0 aliphatic carbocycles. The molecule has 0 saturated carbocycles. The first-order chi connectivity index (χ1) is 11.5. The minimum atomic E-state index is -1.91. The highest BCUT2D eigenvalue weighted by Gasteiger charge is 2.58. The first-order valence-corrected chi connectivity index (χ1v) is 12.4. The molecular formula is C19H34O5Si. The highest BCUT2D eigenvalue weighted by molar-refractivity contribution is 6.74. The van der Waals surface area contributed by atoms with E-state index in [4.69, 9.17) is 23.4 Å². The van der Waals surface area contributed by atoms with Crippen LogP contribution in [-0.2, 0) is 23.4 Å². The molecule has 25 heavy (non-hydrogen) atoms. The van der Waals surface area contributed by atoms with Gasteiger partial charge in [-0.1, -0.05) is 32.9 Å². The molecule has 0 amide bonds. The average molecular weight is 371 g/mol. The molecule has 0 unspecified atom stereocenters. The lowest BCUT2D eigenvalue weighted by Crippen LogP contribution is -2.50. The zero-order chi connectivity index (χ0) is 18.5. The maximum Gasteiger partial charge on any atom is 0.192 e. The first-order valence-electron chi connectivity index (χ1n) is 9.46. The highest BCUT2D eigenvalue weighted by atomic mass is 28.4. The van der Waals surface area contributed by atoms with Crippen LogP contribution < -0.4 is 0 Å². The molecular weight excluding hydrogens is 336 g/mol. The summed E-state index contributed by atoms with van der Waals surface area (Å²) in [6, 6.07) is 0. The predicted molar refractivity (Wildman–Crippen MR) is 98.9 cm³/mol. The first kappa shape index (κ1) is 19.5. The molecule has 5 nitrogen and oxygen atoms in total. The predicted octanol–water partition coefficient (Wildman–Crippen LogP) is 3.99. The summed E-state index contributed by atoms with van der Waals surface area (Å²) in [5, 5.41) is 0.154. The van der Waals surface area contributed by atoms with E-state index in [1.165, 1.54) is 0 Å². The van der Waals surface area contributed by atoms with Gasteiger partial charge in [0, 0.05) is 0 Å². The van der Waals surface area contributed by atoms with E-state index >= 15 is 0 Å². The van der Waals surface area contributed by atoms with E-state index in [1.54, 1.807) is 0 Å². The lowest BCUT2D eigenvalue weighted by atomic mass is 10.0. The van der Waals surface area contributed by atoms with Crippen LogP contribution in [0.5, 0.6) is 0 Å². The zero-order valence-electron chi connectivity index (χ0n) is 16.7. The SMILES string of the molecule is CC1(C)O[C@H]2O[C@H]3[C@H](OC/C=C\CC[C@@H]3O[Si](C)(C)C(C)(C)C)[C@H]2O1. The lowest BCUT2D eigenvalue weighted by molar-refractivity contribution is -0.227. The summed E-state index contributed by atoms with van der Waals surface area (Å²) in [5.41, 5.74) is 0. The van der Waals surface area contributed by atoms with Gasteiger partial charge in [-0.15, -0.1) is 0 Å². The normalized spacial score (nSPS) is 39.9. The van der Waals surface area contributed by atoms with Gasteiger partial charge in [0.15, 0.2) is 20.4 Å². The third-order valence-electron chi connectivity index (χ3n) is 5.82. The van der Waals surface area contributed by atoms with E-state index in [0.29, 0.717) is 6.61 Å². The van der Waals surface area contributed by atoms with Crippen LogP contribution in [0, 0.1) is 0 Å². The molecule has 3 heterocycles. The average Bonchev–Trinajstić information content (AvgIpc) is 2.94. The molecule has 3 aliphatic rings. The van der Waals surface area contributed by atoms with Crippen molar-refractivity contribution in [3.63, 3.8) is 0 Å². The maximum atomic E-state index is 6.75. The Hall–Kier alpha value is -0.243. The number of rotatable bonds is 2. The van der Waals surface area contributed by atoms with Crippen LogP contribution in [0.4, 0.5) is 0 Å². The van der Waals surface area contributed by atoms with Gasteiger partial charge >= 0.3 is 0 Å². The van der Waals surface area contributed by atoms with Crippen molar-refractivity contribution in [3.05, 3.63) is 12.2 Å². The van der Waals surface area contributed by atoms with Crippen molar-refractivity contribution in [2.75, 3.05) is 6.61 Å². The van der Waals surface area contributed by atoms with Crippen molar-refractivity contribution in [1.29, 1.82) is 0 Å². The summed E-state index contributed by atoms with van der Waals surface area (Å²) in [6.07, 6.45) is 5.26. The third kappa shape index (κ3) is 4.04. The van der Waals surface area contributed by atoms with Gasteiger partial charge < -0.3 is 23.4 Å². The zero-order valence-corrected chi connectivity index (χ0v) is 17.7. The van der Waals surface area contributed by atoms with Crippen LogP contribution >= 0.6 is 0 Å². The van der Waals surface area contributed by atoms with E-state index in [0.717, 1.165) is 12.8 Å². The van der Waals surface area contributed by atoms with Crippen LogP contribution in [0.15, 0.2) is 12.2 Å². The molecule has 2 fully saturated rings. The van der Waals surface area contributed by atoms with Crippen LogP contribution in [-0.4, -0.2) is 51.4 Å². The summed E-state index contributed by atoms with van der Waals surface area (Å²) in [6.45, 7) is 15.8. The largest absolute Gasteiger partial charge is 0.411 e. The fourth-order valence-corrected chi connectivity index (χ4v) is 4.81. The summed E-state index contributed by atoms with van der Waals surface area (Å²) in [7, 11) is -1.91. The number of hydrogen-bond acceptors (Lipinski definition) is 5. The Kier molecular flexibility index (Phi) is 5.25. The monoisotopic (exact) mass is 370 g/mol. The molecule has 5 atom stereocenters. The third-order valence-corrected chi connectivity index (χ3v) is 10.3. The Bertz CT molecular complexity index is 510. The van der Waals surface area contributed by atoms with Gasteiger partial charge in [-0.25, -0.2) is 0 Å². The highest BCUT2D eigenvalue weighted by Crippen LogP contribution is 2.43. The smallest absolute Gasteiger partial charge is 0.192 e. The van der Waals surface area contributed by atoms with Crippen molar-refractivity contribution in [3.8, 4) is 0 Å². The molecule has 2 saturated heterocycles. The minimum Gasteiger partial charge on any atom is -0.411 e. The number of hydrogen-bond donors (Lipinski definition) is 0. The lowest BCUT2D eigenvalue weighted by Gasteiger charge is -2.41. The second kappa shape index (κ2) is 6.73. The van der Waals surface area contributed by atoms with Crippen molar-refractivity contribution in [1.82, 2.24) is 0 Å². The fraction of sp³-hybridized carbons (Fsp3) is 0.895. The van der Waals surface area contributed by atoms with E-state index < -0.39 is 14.1 Å². The second-order valence-corrected chi connectivity index (χ2v) is 14.1. The Balaban J connectivity index is 1.82. The number of ether oxygens (including phenoxy) is 4. The second-order valence-electron chi connectivity index (χ2n) is 9.33. The maximum absolute atomic E-state index is 6.75. The molecule has 3 aliphatic heterocycles.